The number of nitrogens with one attached hydrogen (secondary N) is 2. The highest BCUT2D eigenvalue weighted by molar-refractivity contribution is 6.32. The van der Waals surface area contributed by atoms with Gasteiger partial charge in [-0.2, -0.15) is 0 Å². The third-order valence-corrected chi connectivity index (χ3v) is 5.42. The van der Waals surface area contributed by atoms with Crippen LogP contribution in [0.5, 0.6) is 11.5 Å². The molecular weight excluding hydrogens is 402 g/mol. The van der Waals surface area contributed by atoms with E-state index < -0.39 is 0 Å². The van der Waals surface area contributed by atoms with E-state index in [2.05, 4.69) is 25.3 Å². The van der Waals surface area contributed by atoms with E-state index in [1.54, 1.807) is 20.5 Å². The number of ether oxygens (including phenoxy) is 2. The number of hydrogen-bond donors (Lipinski definition) is 2. The van der Waals surface area contributed by atoms with Crippen LogP contribution in [-0.2, 0) is 6.42 Å². The Hall–Kier alpha value is -3.32. The predicted octanol–water partition coefficient (Wildman–Crippen LogP) is 4.65. The molecule has 0 amide bonds. The molecule has 0 fully saturated rings. The van der Waals surface area contributed by atoms with Crippen LogP contribution in [0, 0.1) is 6.92 Å². The van der Waals surface area contributed by atoms with E-state index in [1.807, 2.05) is 37.3 Å². The second kappa shape index (κ2) is 8.59. The number of aromatic nitrogens is 4. The van der Waals surface area contributed by atoms with Crippen molar-refractivity contribution in [2.45, 2.75) is 13.3 Å². The zero-order valence-corrected chi connectivity index (χ0v) is 17.7. The molecule has 2 aromatic heterocycles. The average Bonchev–Trinajstić information content (AvgIpc) is 3.25. The number of anilines is 1. The van der Waals surface area contributed by atoms with Gasteiger partial charge in [0.15, 0.2) is 11.5 Å². The van der Waals surface area contributed by atoms with Crippen molar-refractivity contribution in [3.8, 4) is 22.6 Å². The third kappa shape index (κ3) is 3.76. The molecule has 0 aliphatic heterocycles. The van der Waals surface area contributed by atoms with Gasteiger partial charge in [-0.1, -0.05) is 23.7 Å². The van der Waals surface area contributed by atoms with Crippen molar-refractivity contribution in [3.05, 3.63) is 59.1 Å². The number of halogens is 1. The molecule has 0 spiro atoms. The summed E-state index contributed by atoms with van der Waals surface area (Å²) in [6, 6.07) is 9.85. The fraction of sp³-hybridized carbons (Fsp3) is 0.227. The SMILES string of the molecule is COc1cccc(-c2c(C)c(Cl)cc(CCNc3ncnc4nc[nH]c34)c2OC)c1. The van der Waals surface area contributed by atoms with Gasteiger partial charge in [-0.25, -0.2) is 15.0 Å². The summed E-state index contributed by atoms with van der Waals surface area (Å²) >= 11 is 6.59. The number of imidazole rings is 1. The van der Waals surface area contributed by atoms with E-state index in [9.17, 15) is 0 Å². The minimum Gasteiger partial charge on any atom is -0.497 e. The number of aromatic amines is 1. The predicted molar refractivity (Wildman–Crippen MR) is 119 cm³/mol. The van der Waals surface area contributed by atoms with E-state index in [1.165, 1.54) is 6.33 Å². The summed E-state index contributed by atoms with van der Waals surface area (Å²) in [6.07, 6.45) is 3.79. The number of H-pyrrole nitrogens is 1. The lowest BCUT2D eigenvalue weighted by molar-refractivity contribution is 0.410. The lowest BCUT2D eigenvalue weighted by atomic mass is 9.95. The molecule has 0 radical (unpaired) electrons. The topological polar surface area (TPSA) is 85.0 Å². The molecule has 30 heavy (non-hydrogen) atoms. The first-order chi connectivity index (χ1) is 14.6. The van der Waals surface area contributed by atoms with Crippen LogP contribution in [0.2, 0.25) is 5.02 Å². The zero-order valence-electron chi connectivity index (χ0n) is 17.0. The molecule has 2 N–H and O–H groups in total. The van der Waals surface area contributed by atoms with Crippen LogP contribution in [0.25, 0.3) is 22.3 Å². The minimum absolute atomic E-state index is 0.628. The molecule has 2 aromatic carbocycles. The normalized spacial score (nSPS) is 10.9. The molecule has 2 heterocycles. The fourth-order valence-corrected chi connectivity index (χ4v) is 3.76. The Morgan fingerprint density at radius 3 is 2.77 bits per heavy atom. The van der Waals surface area contributed by atoms with Crippen molar-refractivity contribution in [2.24, 2.45) is 0 Å². The van der Waals surface area contributed by atoms with Gasteiger partial charge < -0.3 is 19.8 Å². The van der Waals surface area contributed by atoms with Gasteiger partial charge >= 0.3 is 0 Å². The van der Waals surface area contributed by atoms with Crippen LogP contribution in [0.1, 0.15) is 11.1 Å². The Kier molecular flexibility index (Phi) is 5.72. The first-order valence-electron chi connectivity index (χ1n) is 9.50. The van der Waals surface area contributed by atoms with E-state index in [4.69, 9.17) is 21.1 Å². The largest absolute Gasteiger partial charge is 0.497 e. The molecule has 4 aromatic rings. The minimum atomic E-state index is 0.628. The summed E-state index contributed by atoms with van der Waals surface area (Å²) in [5.41, 5.74) is 5.35. The highest BCUT2D eigenvalue weighted by atomic mass is 35.5. The lowest BCUT2D eigenvalue weighted by Crippen LogP contribution is -2.09. The van der Waals surface area contributed by atoms with Gasteiger partial charge in [0.2, 0.25) is 0 Å². The van der Waals surface area contributed by atoms with Gasteiger partial charge in [-0.3, -0.25) is 0 Å². The maximum absolute atomic E-state index is 6.59. The Balaban J connectivity index is 1.65. The number of benzene rings is 2. The summed E-state index contributed by atoms with van der Waals surface area (Å²) in [5, 5.41) is 4.04. The molecule has 0 unspecified atom stereocenters. The summed E-state index contributed by atoms with van der Waals surface area (Å²) < 4.78 is 11.2. The fourth-order valence-electron chi connectivity index (χ4n) is 3.54. The Morgan fingerprint density at radius 1 is 1.10 bits per heavy atom. The Labute approximate surface area is 179 Å². The van der Waals surface area contributed by atoms with E-state index in [-0.39, 0.29) is 0 Å². The van der Waals surface area contributed by atoms with Crippen LogP contribution in [-0.4, -0.2) is 40.7 Å². The molecule has 154 valence electrons. The third-order valence-electron chi connectivity index (χ3n) is 5.03. The van der Waals surface area contributed by atoms with Crippen LogP contribution in [0.3, 0.4) is 0 Å². The molecule has 0 aliphatic carbocycles. The van der Waals surface area contributed by atoms with Crippen LogP contribution in [0.15, 0.2) is 43.0 Å². The molecule has 0 saturated heterocycles. The highest BCUT2D eigenvalue weighted by Crippen LogP contribution is 2.41. The molecule has 8 heteroatoms. The van der Waals surface area contributed by atoms with E-state index in [0.29, 0.717) is 29.5 Å². The van der Waals surface area contributed by atoms with Crippen molar-refractivity contribution < 1.29 is 9.47 Å². The number of hydrogen-bond acceptors (Lipinski definition) is 6. The monoisotopic (exact) mass is 423 g/mol. The molecule has 0 atom stereocenters. The second-order valence-corrected chi connectivity index (χ2v) is 7.19. The van der Waals surface area contributed by atoms with Crippen molar-refractivity contribution >= 4 is 28.6 Å². The molecule has 0 saturated carbocycles. The summed E-state index contributed by atoms with van der Waals surface area (Å²) in [4.78, 5) is 15.7. The van der Waals surface area contributed by atoms with Crippen molar-refractivity contribution in [1.29, 1.82) is 0 Å². The van der Waals surface area contributed by atoms with Crippen LogP contribution < -0.4 is 14.8 Å². The molecular formula is C22H22ClN5O2. The van der Waals surface area contributed by atoms with Crippen molar-refractivity contribution in [3.63, 3.8) is 0 Å². The van der Waals surface area contributed by atoms with Crippen molar-refractivity contribution in [1.82, 2.24) is 19.9 Å². The van der Waals surface area contributed by atoms with Gasteiger partial charge in [-0.05, 0) is 48.2 Å². The quantitative estimate of drug-likeness (QED) is 0.450. The Bertz CT molecular complexity index is 1190. The van der Waals surface area contributed by atoms with Gasteiger partial charge in [-0.15, -0.1) is 0 Å². The molecule has 7 nitrogen and oxygen atoms in total. The first-order valence-corrected chi connectivity index (χ1v) is 9.88. The van der Waals surface area contributed by atoms with Gasteiger partial charge in [0.05, 0.1) is 20.5 Å². The van der Waals surface area contributed by atoms with Gasteiger partial charge in [0.1, 0.15) is 23.3 Å². The number of fused-ring (bicyclic) bond motifs is 1. The van der Waals surface area contributed by atoms with Crippen LogP contribution in [0.4, 0.5) is 5.82 Å². The molecule has 0 aliphatic rings. The van der Waals surface area contributed by atoms with E-state index in [0.717, 1.165) is 39.3 Å². The standard InChI is InChI=1S/C22H22ClN5O2/c1-13-17(23)10-15(7-8-24-21-19-22(26-11-25-19)28-12-27-21)20(30-3)18(13)14-5-4-6-16(9-14)29-2/h4-6,9-12H,7-8H2,1-3H3,(H2,24,25,26,27,28). The molecule has 0 bridgehead atoms. The van der Waals surface area contributed by atoms with Gasteiger partial charge in [0.25, 0.3) is 0 Å². The zero-order chi connectivity index (χ0) is 21.1. The van der Waals surface area contributed by atoms with Gasteiger partial charge in [0, 0.05) is 17.1 Å². The average molecular weight is 424 g/mol. The summed E-state index contributed by atoms with van der Waals surface area (Å²) in [7, 11) is 3.34. The smallest absolute Gasteiger partial charge is 0.182 e. The second-order valence-electron chi connectivity index (χ2n) is 6.78. The maximum Gasteiger partial charge on any atom is 0.182 e. The number of rotatable bonds is 7. The first kappa shape index (κ1) is 20.0. The highest BCUT2D eigenvalue weighted by Gasteiger charge is 2.18. The number of nitrogens with zero attached hydrogens (tertiary/aromatic N) is 3. The van der Waals surface area contributed by atoms with Crippen LogP contribution >= 0.6 is 11.6 Å². The van der Waals surface area contributed by atoms with E-state index >= 15 is 0 Å². The Morgan fingerprint density at radius 2 is 1.97 bits per heavy atom. The number of methoxy groups -OCH3 is 2. The molecule has 4 rings (SSSR count). The van der Waals surface area contributed by atoms with Crippen molar-refractivity contribution in [2.75, 3.05) is 26.1 Å². The summed E-state index contributed by atoms with van der Waals surface area (Å²) in [5.74, 6) is 2.30. The maximum atomic E-state index is 6.59. The lowest BCUT2D eigenvalue weighted by Gasteiger charge is -2.18. The summed E-state index contributed by atoms with van der Waals surface area (Å²) in [6.45, 7) is 2.63.